The number of alkyl halides is 5. The van der Waals surface area contributed by atoms with E-state index in [2.05, 4.69) is 17.1 Å². The van der Waals surface area contributed by atoms with Gasteiger partial charge in [0.15, 0.2) is 0 Å². The number of benzene rings is 2. The Labute approximate surface area is 179 Å². The molecule has 5 rings (SSSR count). The van der Waals surface area contributed by atoms with Crippen LogP contribution < -0.4 is 4.90 Å². The van der Waals surface area contributed by atoms with Gasteiger partial charge < -0.3 is 0 Å². The number of anilines is 1. The molecule has 2 aliphatic rings. The number of pyridine rings is 1. The van der Waals surface area contributed by atoms with Crippen molar-refractivity contribution in [3.8, 4) is 11.1 Å². The number of carbonyl (C=O) groups excluding carboxylic acids is 1. The van der Waals surface area contributed by atoms with Crippen molar-refractivity contribution in [3.05, 3.63) is 81.2 Å². The number of carbonyl (C=O) groups is 1. The summed E-state index contributed by atoms with van der Waals surface area (Å²) in [6.07, 6.45) is -0.781. The molecule has 0 saturated carbocycles. The van der Waals surface area contributed by atoms with Crippen LogP contribution in [-0.2, 0) is 12.6 Å². The first-order valence-electron chi connectivity index (χ1n) is 9.60. The van der Waals surface area contributed by atoms with Crippen molar-refractivity contribution in [3.63, 3.8) is 0 Å². The zero-order chi connectivity index (χ0) is 20.9. The Morgan fingerprint density at radius 3 is 2.53 bits per heavy atom. The summed E-state index contributed by atoms with van der Waals surface area (Å²) in [6, 6.07) is 13.3. The van der Waals surface area contributed by atoms with Crippen LogP contribution in [0.2, 0.25) is 0 Å². The fourth-order valence-electron chi connectivity index (χ4n) is 3.83. The zero-order valence-electron chi connectivity index (χ0n) is 15.9. The first-order valence-corrected chi connectivity index (χ1v) is 13.7. The Balaban J connectivity index is 1.49. The van der Waals surface area contributed by atoms with Crippen LogP contribution in [-0.4, -0.2) is 26.3 Å². The molecule has 2 aromatic carbocycles. The van der Waals surface area contributed by atoms with Crippen molar-refractivity contribution in [2.75, 3.05) is 20.3 Å². The third kappa shape index (κ3) is 3.59. The van der Waals surface area contributed by atoms with Gasteiger partial charge in [-0.2, -0.15) is 13.2 Å². The molecule has 3 aromatic rings. The van der Waals surface area contributed by atoms with Crippen LogP contribution in [0.3, 0.4) is 0 Å². The number of aromatic nitrogens is 1. The molecule has 0 aliphatic carbocycles. The van der Waals surface area contributed by atoms with Gasteiger partial charge in [-0.25, -0.2) is 0 Å². The zero-order valence-corrected chi connectivity index (χ0v) is 18.1. The summed E-state index contributed by atoms with van der Waals surface area (Å²) in [6.45, 7) is 0.496. The van der Waals surface area contributed by atoms with Crippen LogP contribution in [0, 0.1) is 3.57 Å². The van der Waals surface area contributed by atoms with Crippen LogP contribution >= 0.6 is 19.8 Å². The van der Waals surface area contributed by atoms with Crippen LogP contribution in [0.5, 0.6) is 0 Å². The first kappa shape index (κ1) is 19.5. The van der Waals surface area contributed by atoms with Gasteiger partial charge in [-0.05, 0) is 0 Å². The summed E-state index contributed by atoms with van der Waals surface area (Å²) in [5.74, 6) is -0.120. The van der Waals surface area contributed by atoms with Crippen molar-refractivity contribution in [2.45, 2.75) is 12.6 Å². The number of nitrogens with zero attached hydrogens (tertiary/aromatic N) is 2. The summed E-state index contributed by atoms with van der Waals surface area (Å²) in [5, 5.41) is 0. The second-order valence-electron chi connectivity index (χ2n) is 7.32. The van der Waals surface area contributed by atoms with E-state index < -0.39 is 31.6 Å². The molecule has 0 spiro atoms. The molecule has 1 saturated heterocycles. The average molecular weight is 522 g/mol. The summed E-state index contributed by atoms with van der Waals surface area (Å²) in [4.78, 5) is 18.9. The van der Waals surface area contributed by atoms with E-state index in [-0.39, 0.29) is 11.5 Å². The fourth-order valence-corrected chi connectivity index (χ4v) is 8.15. The van der Waals surface area contributed by atoms with E-state index in [1.54, 1.807) is 17.0 Å². The molecule has 154 valence electrons. The molecule has 30 heavy (non-hydrogen) atoms. The third-order valence-corrected chi connectivity index (χ3v) is 10.0. The molecule has 2 aliphatic heterocycles. The van der Waals surface area contributed by atoms with Crippen LogP contribution in [0.15, 0.2) is 60.9 Å². The second kappa shape index (κ2) is 7.37. The second-order valence-corrected chi connectivity index (χ2v) is 13.3. The number of fused-ring (bicyclic) bond motifs is 1. The van der Waals surface area contributed by atoms with E-state index in [0.717, 1.165) is 18.1 Å². The van der Waals surface area contributed by atoms with Gasteiger partial charge in [-0.3, -0.25) is 0 Å². The summed E-state index contributed by atoms with van der Waals surface area (Å²) < 4.78 is 44.5. The Morgan fingerprint density at radius 1 is 0.967 bits per heavy atom. The van der Waals surface area contributed by atoms with Gasteiger partial charge in [-0.15, -0.1) is 0 Å². The van der Waals surface area contributed by atoms with Crippen LogP contribution in [0.25, 0.3) is 11.1 Å². The van der Waals surface area contributed by atoms with Gasteiger partial charge in [0.25, 0.3) is 0 Å². The first-order chi connectivity index (χ1) is 14.4. The molecule has 3 nitrogen and oxygen atoms in total. The number of halogens is 4. The van der Waals surface area contributed by atoms with Crippen LogP contribution in [0.4, 0.5) is 18.9 Å². The van der Waals surface area contributed by atoms with Gasteiger partial charge in [0.1, 0.15) is 0 Å². The monoisotopic (exact) mass is 522 g/mol. The van der Waals surface area contributed by atoms with Crippen molar-refractivity contribution < 1.29 is 18.0 Å². The molecule has 1 amide bonds. The quantitative estimate of drug-likeness (QED) is 0.329. The SMILES string of the molecule is O=C1c2ccc(I3CC3)cc2CCN1c1cncc(-c2ccccc2C(F)(F)F)c1. The normalized spacial score (nSPS) is 17.1. The van der Waals surface area contributed by atoms with Gasteiger partial charge >= 0.3 is 160 Å². The Bertz CT molecular complexity index is 1140. The number of amides is 1. The van der Waals surface area contributed by atoms with E-state index in [1.165, 1.54) is 37.0 Å². The summed E-state index contributed by atoms with van der Waals surface area (Å²) >= 11 is -0.882. The molecular weight excluding hydrogens is 504 g/mol. The minimum atomic E-state index is -4.46. The number of hydrogen-bond acceptors (Lipinski definition) is 2. The Hall–Kier alpha value is -2.42. The van der Waals surface area contributed by atoms with E-state index >= 15 is 0 Å². The molecule has 7 heteroatoms. The topological polar surface area (TPSA) is 33.2 Å². The maximum atomic E-state index is 13.4. The molecule has 0 radical (unpaired) electrons. The van der Waals surface area contributed by atoms with Gasteiger partial charge in [-0.1, -0.05) is 6.07 Å². The molecule has 3 heterocycles. The Kier molecular flexibility index (Phi) is 4.80. The van der Waals surface area contributed by atoms with E-state index in [0.29, 0.717) is 23.4 Å². The van der Waals surface area contributed by atoms with Crippen molar-refractivity contribution >= 4 is 31.4 Å². The summed E-state index contributed by atoms with van der Waals surface area (Å²) in [7, 11) is 0. The Morgan fingerprint density at radius 2 is 1.77 bits per heavy atom. The summed E-state index contributed by atoms with van der Waals surface area (Å²) in [5.41, 5.74) is 1.98. The number of rotatable bonds is 3. The fraction of sp³-hybridized carbons (Fsp3) is 0.217. The average Bonchev–Trinajstić information content (AvgIpc) is 3.59. The molecule has 0 N–H and O–H groups in total. The van der Waals surface area contributed by atoms with E-state index in [1.807, 2.05) is 6.07 Å². The molecule has 0 unspecified atom stereocenters. The van der Waals surface area contributed by atoms with Crippen molar-refractivity contribution in [1.29, 1.82) is 0 Å². The molecule has 1 fully saturated rings. The molecule has 0 bridgehead atoms. The third-order valence-electron chi connectivity index (χ3n) is 5.41. The van der Waals surface area contributed by atoms with Gasteiger partial charge in [0, 0.05) is 0 Å². The van der Waals surface area contributed by atoms with Gasteiger partial charge in [0.2, 0.25) is 0 Å². The maximum absolute atomic E-state index is 13.4. The standard InChI is InChI=1S/C23H18F3IN2O/c24-23(25,26)21-4-2-1-3-19(21)16-12-18(14-28-13-16)29-10-7-15-11-17(27-8-9-27)5-6-20(15)22(29)30/h1-6,11-14H,7-10H2. The van der Waals surface area contributed by atoms with Gasteiger partial charge in [0.05, 0.1) is 0 Å². The molecular formula is C23H18F3IN2O. The molecule has 1 aromatic heterocycles. The van der Waals surface area contributed by atoms with E-state index in [4.69, 9.17) is 0 Å². The van der Waals surface area contributed by atoms with E-state index in [9.17, 15) is 18.0 Å². The minimum absolute atomic E-state index is 0.0591. The number of hydrogen-bond donors (Lipinski definition) is 0. The predicted molar refractivity (Wildman–Crippen MR) is 119 cm³/mol. The van der Waals surface area contributed by atoms with Crippen molar-refractivity contribution in [1.82, 2.24) is 4.98 Å². The van der Waals surface area contributed by atoms with Crippen LogP contribution in [0.1, 0.15) is 21.5 Å². The predicted octanol–water partition coefficient (Wildman–Crippen LogP) is 5.66. The molecule has 0 atom stereocenters. The van der Waals surface area contributed by atoms with Crippen molar-refractivity contribution in [2.24, 2.45) is 0 Å².